The van der Waals surface area contributed by atoms with Crippen LogP contribution in [0.2, 0.25) is 5.02 Å². The minimum absolute atomic E-state index is 0.347. The van der Waals surface area contributed by atoms with Crippen molar-refractivity contribution in [2.24, 2.45) is 12.8 Å². The van der Waals surface area contributed by atoms with Crippen LogP contribution in [0.5, 0.6) is 0 Å². The fourth-order valence-electron chi connectivity index (χ4n) is 2.11. The van der Waals surface area contributed by atoms with Crippen LogP contribution in [0.15, 0.2) is 12.4 Å². The van der Waals surface area contributed by atoms with Crippen molar-refractivity contribution < 1.29 is 4.74 Å². The summed E-state index contributed by atoms with van der Waals surface area (Å²) in [6.45, 7) is 3.11. The molecule has 2 N–H and O–H groups in total. The van der Waals surface area contributed by atoms with Crippen molar-refractivity contribution in [3.8, 4) is 0 Å². The Morgan fingerprint density at radius 2 is 2.26 bits per heavy atom. The first-order valence-corrected chi connectivity index (χ1v) is 6.38. The van der Waals surface area contributed by atoms with Crippen molar-refractivity contribution in [1.82, 2.24) is 19.6 Å². The maximum Gasteiger partial charge on any atom is 0.0837 e. The van der Waals surface area contributed by atoms with E-state index in [-0.39, 0.29) is 6.04 Å². The highest BCUT2D eigenvalue weighted by atomic mass is 35.5. The molecule has 0 aliphatic carbocycles. The van der Waals surface area contributed by atoms with Crippen LogP contribution < -0.4 is 5.73 Å². The van der Waals surface area contributed by atoms with Crippen LogP contribution in [-0.4, -0.2) is 33.3 Å². The zero-order valence-electron chi connectivity index (χ0n) is 11.3. The first-order valence-electron chi connectivity index (χ1n) is 6.00. The Bertz CT molecular complexity index is 562. The average molecular weight is 284 g/mol. The van der Waals surface area contributed by atoms with E-state index in [2.05, 4.69) is 10.2 Å². The van der Waals surface area contributed by atoms with E-state index >= 15 is 0 Å². The van der Waals surface area contributed by atoms with Gasteiger partial charge >= 0.3 is 0 Å². The quantitative estimate of drug-likeness (QED) is 0.897. The van der Waals surface area contributed by atoms with Gasteiger partial charge in [-0.3, -0.25) is 9.36 Å². The Labute approximate surface area is 117 Å². The monoisotopic (exact) mass is 283 g/mol. The molecule has 2 heterocycles. The highest BCUT2D eigenvalue weighted by Gasteiger charge is 2.21. The lowest BCUT2D eigenvalue weighted by Crippen LogP contribution is -2.19. The molecule has 0 spiro atoms. The molecule has 6 nitrogen and oxygen atoms in total. The van der Waals surface area contributed by atoms with Gasteiger partial charge in [0.25, 0.3) is 0 Å². The molecule has 2 rings (SSSR count). The molecule has 0 amide bonds. The number of nitrogens with two attached hydrogens (primary N) is 1. The van der Waals surface area contributed by atoms with Crippen LogP contribution in [0.25, 0.3) is 0 Å². The third-order valence-electron chi connectivity index (χ3n) is 3.02. The zero-order valence-corrected chi connectivity index (χ0v) is 12.1. The second-order valence-electron chi connectivity index (χ2n) is 4.41. The number of nitrogens with zero attached hydrogens (tertiary/aromatic N) is 4. The lowest BCUT2D eigenvalue weighted by Gasteiger charge is -2.14. The van der Waals surface area contributed by atoms with Crippen molar-refractivity contribution in [1.29, 1.82) is 0 Å². The topological polar surface area (TPSA) is 70.9 Å². The molecular formula is C12H18ClN5O. The molecule has 0 aliphatic heterocycles. The van der Waals surface area contributed by atoms with Gasteiger partial charge in [-0.15, -0.1) is 0 Å². The summed E-state index contributed by atoms with van der Waals surface area (Å²) in [7, 11) is 3.52. The molecule has 2 aromatic rings. The highest BCUT2D eigenvalue weighted by Crippen LogP contribution is 2.27. The van der Waals surface area contributed by atoms with Crippen molar-refractivity contribution >= 4 is 11.6 Å². The molecule has 2 aromatic heterocycles. The van der Waals surface area contributed by atoms with Crippen molar-refractivity contribution in [2.45, 2.75) is 19.5 Å². The van der Waals surface area contributed by atoms with E-state index in [4.69, 9.17) is 22.1 Å². The molecule has 19 heavy (non-hydrogen) atoms. The Morgan fingerprint density at radius 1 is 1.53 bits per heavy atom. The number of halogens is 1. The summed E-state index contributed by atoms with van der Waals surface area (Å²) < 4.78 is 8.59. The van der Waals surface area contributed by atoms with Crippen LogP contribution in [0.1, 0.15) is 23.0 Å². The van der Waals surface area contributed by atoms with Gasteiger partial charge in [-0.1, -0.05) is 11.6 Å². The van der Waals surface area contributed by atoms with Gasteiger partial charge in [-0.2, -0.15) is 10.2 Å². The van der Waals surface area contributed by atoms with E-state index in [1.807, 2.05) is 20.2 Å². The van der Waals surface area contributed by atoms with E-state index in [0.717, 1.165) is 17.0 Å². The summed E-state index contributed by atoms with van der Waals surface area (Å²) in [6.07, 6.45) is 3.52. The number of ether oxygens (including phenoxy) is 1. The van der Waals surface area contributed by atoms with Gasteiger partial charge in [0, 0.05) is 25.9 Å². The maximum atomic E-state index is 6.31. The maximum absolute atomic E-state index is 6.31. The molecule has 0 bridgehead atoms. The highest BCUT2D eigenvalue weighted by molar-refractivity contribution is 6.31. The van der Waals surface area contributed by atoms with E-state index < -0.39 is 0 Å². The van der Waals surface area contributed by atoms with Crippen LogP contribution >= 0.6 is 11.6 Å². The Morgan fingerprint density at radius 3 is 2.84 bits per heavy atom. The number of hydrogen-bond acceptors (Lipinski definition) is 4. The first-order chi connectivity index (χ1) is 9.04. The molecule has 0 radical (unpaired) electrons. The number of hydrogen-bond donors (Lipinski definition) is 1. The fraction of sp³-hybridized carbons (Fsp3) is 0.500. The number of methoxy groups -OCH3 is 1. The summed E-state index contributed by atoms with van der Waals surface area (Å²) in [6, 6.07) is -0.347. The van der Waals surface area contributed by atoms with Gasteiger partial charge in [-0.05, 0) is 6.92 Å². The summed E-state index contributed by atoms with van der Waals surface area (Å²) in [5.41, 5.74) is 8.94. The summed E-state index contributed by atoms with van der Waals surface area (Å²) in [4.78, 5) is 0. The number of aryl methyl sites for hydroxylation is 2. The lowest BCUT2D eigenvalue weighted by molar-refractivity contribution is 0.182. The fourth-order valence-corrected chi connectivity index (χ4v) is 2.37. The predicted octanol–water partition coefficient (Wildman–Crippen LogP) is 1.27. The van der Waals surface area contributed by atoms with Gasteiger partial charge in [0.2, 0.25) is 0 Å². The Balaban J connectivity index is 2.35. The molecule has 7 heteroatoms. The number of rotatable bonds is 5. The van der Waals surface area contributed by atoms with Crippen LogP contribution in [0.4, 0.5) is 0 Å². The number of aromatic nitrogens is 4. The molecular weight excluding hydrogens is 266 g/mol. The second-order valence-corrected chi connectivity index (χ2v) is 4.82. The Hall–Kier alpha value is -1.37. The molecule has 104 valence electrons. The average Bonchev–Trinajstić information content (AvgIpc) is 2.89. The minimum atomic E-state index is -0.347. The van der Waals surface area contributed by atoms with E-state index in [9.17, 15) is 0 Å². The summed E-state index contributed by atoms with van der Waals surface area (Å²) >= 11 is 6.20. The zero-order chi connectivity index (χ0) is 14.0. The summed E-state index contributed by atoms with van der Waals surface area (Å²) in [5, 5.41) is 9.10. The van der Waals surface area contributed by atoms with Crippen LogP contribution in [0, 0.1) is 6.92 Å². The molecule has 0 saturated heterocycles. The second kappa shape index (κ2) is 5.73. The van der Waals surface area contributed by atoms with Crippen molar-refractivity contribution in [3.05, 3.63) is 34.4 Å². The van der Waals surface area contributed by atoms with E-state index in [1.165, 1.54) is 0 Å². The largest absolute Gasteiger partial charge is 0.383 e. The molecule has 0 aromatic carbocycles. The lowest BCUT2D eigenvalue weighted by atomic mass is 10.1. The van der Waals surface area contributed by atoms with Crippen molar-refractivity contribution in [3.63, 3.8) is 0 Å². The van der Waals surface area contributed by atoms with Gasteiger partial charge < -0.3 is 10.5 Å². The minimum Gasteiger partial charge on any atom is -0.383 e. The molecule has 1 unspecified atom stereocenters. The van der Waals surface area contributed by atoms with Gasteiger partial charge in [0.1, 0.15) is 0 Å². The van der Waals surface area contributed by atoms with Crippen molar-refractivity contribution in [2.75, 3.05) is 13.7 Å². The SMILES string of the molecule is COCCn1ncc(Cl)c1C(N)c1cn(C)nc1C. The van der Waals surface area contributed by atoms with Gasteiger partial charge in [-0.25, -0.2) is 0 Å². The van der Waals surface area contributed by atoms with E-state index in [0.29, 0.717) is 18.2 Å². The molecule has 0 aliphatic rings. The third kappa shape index (κ3) is 2.80. The van der Waals surface area contributed by atoms with E-state index in [1.54, 1.807) is 22.7 Å². The smallest absolute Gasteiger partial charge is 0.0837 e. The summed E-state index contributed by atoms with van der Waals surface area (Å²) in [5.74, 6) is 0. The molecule has 0 saturated carbocycles. The predicted molar refractivity (Wildman–Crippen MR) is 73.1 cm³/mol. The normalized spacial score (nSPS) is 12.9. The molecule has 0 fully saturated rings. The van der Waals surface area contributed by atoms with Gasteiger partial charge in [0.05, 0.1) is 41.8 Å². The van der Waals surface area contributed by atoms with Gasteiger partial charge in [0.15, 0.2) is 0 Å². The molecule has 1 atom stereocenters. The third-order valence-corrected chi connectivity index (χ3v) is 3.31. The van der Waals surface area contributed by atoms with Crippen LogP contribution in [-0.2, 0) is 18.3 Å². The first kappa shape index (κ1) is 14.0. The van der Waals surface area contributed by atoms with Crippen LogP contribution in [0.3, 0.4) is 0 Å². The standard InChI is InChI=1S/C12H18ClN5O/c1-8-9(7-17(2)16-8)11(14)12-10(13)6-15-18(12)4-5-19-3/h6-7,11H,4-5,14H2,1-3H3. The Kier molecular flexibility index (Phi) is 4.24.